The molecular weight excluding hydrogens is 450 g/mol. The van der Waals surface area contributed by atoms with E-state index in [0.29, 0.717) is 0 Å². The zero-order chi connectivity index (χ0) is 22.6. The Labute approximate surface area is 203 Å². The van der Waals surface area contributed by atoms with E-state index in [2.05, 4.69) is 22.4 Å². The zero-order valence-electron chi connectivity index (χ0n) is 18.2. The summed E-state index contributed by atoms with van der Waals surface area (Å²) in [6.07, 6.45) is 0. The first kappa shape index (κ1) is 21.8. The topological polar surface area (TPSA) is 36.4 Å². The molecule has 3 aromatic carbocycles. The molecule has 1 aromatic heterocycles. The molecule has 33 heavy (non-hydrogen) atoms. The normalized spacial score (nSPS) is 14.4. The molecule has 6 heteroatoms. The molecule has 0 aliphatic carbocycles. The molecule has 0 bridgehead atoms. The van der Waals surface area contributed by atoms with E-state index < -0.39 is 0 Å². The Balaban J connectivity index is 1.16. The molecular formula is C27H24ClN3OS. The van der Waals surface area contributed by atoms with Crippen molar-refractivity contribution in [2.45, 2.75) is 6.54 Å². The molecule has 4 aromatic rings. The maximum Gasteiger partial charge on any atom is 0.253 e. The fourth-order valence-corrected chi connectivity index (χ4v) is 5.03. The molecule has 0 spiro atoms. The van der Waals surface area contributed by atoms with Crippen molar-refractivity contribution in [3.8, 4) is 22.4 Å². The quantitative estimate of drug-likeness (QED) is 0.352. The first-order valence-corrected chi connectivity index (χ1v) is 12.3. The lowest BCUT2D eigenvalue weighted by molar-refractivity contribution is 0.0628. The maximum absolute atomic E-state index is 13.0. The van der Waals surface area contributed by atoms with E-state index in [4.69, 9.17) is 16.6 Å². The van der Waals surface area contributed by atoms with Gasteiger partial charge in [0.05, 0.1) is 12.2 Å². The molecule has 0 N–H and O–H groups in total. The summed E-state index contributed by atoms with van der Waals surface area (Å²) in [4.78, 5) is 22.1. The lowest BCUT2D eigenvalue weighted by Gasteiger charge is -2.34. The number of thiazole rings is 1. The van der Waals surface area contributed by atoms with Crippen LogP contribution in [0.3, 0.4) is 0 Å². The van der Waals surface area contributed by atoms with Crippen LogP contribution in [-0.4, -0.2) is 46.9 Å². The van der Waals surface area contributed by atoms with Crippen molar-refractivity contribution in [3.63, 3.8) is 0 Å². The number of halogens is 1. The predicted octanol–water partition coefficient (Wildman–Crippen LogP) is 6.09. The Kier molecular flexibility index (Phi) is 6.53. The van der Waals surface area contributed by atoms with Crippen LogP contribution in [-0.2, 0) is 6.54 Å². The maximum atomic E-state index is 13.0. The molecule has 1 aliphatic rings. The van der Waals surface area contributed by atoms with Crippen LogP contribution in [0, 0.1) is 0 Å². The number of amides is 1. The number of carbonyl (C=O) groups is 1. The van der Waals surface area contributed by atoms with E-state index in [1.165, 1.54) is 0 Å². The van der Waals surface area contributed by atoms with Crippen molar-refractivity contribution in [1.29, 1.82) is 0 Å². The van der Waals surface area contributed by atoms with Crippen LogP contribution >= 0.6 is 22.9 Å². The van der Waals surface area contributed by atoms with Gasteiger partial charge >= 0.3 is 0 Å². The third-order valence-corrected chi connectivity index (χ3v) is 7.03. The van der Waals surface area contributed by atoms with Crippen molar-refractivity contribution in [2.24, 2.45) is 0 Å². The van der Waals surface area contributed by atoms with Crippen LogP contribution in [0.2, 0.25) is 5.02 Å². The largest absolute Gasteiger partial charge is 0.336 e. The number of aromatic nitrogens is 1. The molecule has 0 radical (unpaired) electrons. The lowest BCUT2D eigenvalue weighted by Crippen LogP contribution is -2.48. The number of nitrogens with zero attached hydrogens (tertiary/aromatic N) is 3. The number of carbonyl (C=O) groups excluding carboxylic acids is 1. The van der Waals surface area contributed by atoms with Gasteiger partial charge in [0.25, 0.3) is 5.91 Å². The van der Waals surface area contributed by atoms with E-state index in [1.54, 1.807) is 11.3 Å². The highest BCUT2D eigenvalue weighted by Gasteiger charge is 2.23. The van der Waals surface area contributed by atoms with Gasteiger partial charge in [-0.1, -0.05) is 66.2 Å². The van der Waals surface area contributed by atoms with Crippen molar-refractivity contribution in [3.05, 3.63) is 99.8 Å². The molecule has 1 saturated heterocycles. The minimum atomic E-state index is 0.105. The molecule has 0 unspecified atom stereocenters. The Morgan fingerprint density at radius 2 is 1.45 bits per heavy atom. The minimum Gasteiger partial charge on any atom is -0.336 e. The number of rotatable bonds is 5. The molecule has 1 aliphatic heterocycles. The molecule has 5 rings (SSSR count). The predicted molar refractivity (Wildman–Crippen MR) is 136 cm³/mol. The highest BCUT2D eigenvalue weighted by molar-refractivity contribution is 7.09. The van der Waals surface area contributed by atoms with Crippen molar-refractivity contribution in [2.75, 3.05) is 26.2 Å². The Morgan fingerprint density at radius 3 is 2.15 bits per heavy atom. The molecule has 1 amide bonds. The second-order valence-corrected chi connectivity index (χ2v) is 9.52. The van der Waals surface area contributed by atoms with E-state index in [-0.39, 0.29) is 5.91 Å². The van der Waals surface area contributed by atoms with Gasteiger partial charge in [-0.3, -0.25) is 9.69 Å². The van der Waals surface area contributed by atoms with Crippen molar-refractivity contribution in [1.82, 2.24) is 14.8 Å². The standard InChI is InChI=1S/C27H24ClN3OS/c28-24-12-10-22(11-13-24)25-19-33-26(29-25)18-30-14-16-31(17-15-30)27(32)23-8-6-21(7-9-23)20-4-2-1-3-5-20/h1-13,19H,14-18H2. The third-order valence-electron chi connectivity index (χ3n) is 5.95. The molecule has 4 nitrogen and oxygen atoms in total. The Bertz CT molecular complexity index is 1210. The molecule has 0 atom stereocenters. The van der Waals surface area contributed by atoms with Crippen LogP contribution in [0.25, 0.3) is 22.4 Å². The van der Waals surface area contributed by atoms with Gasteiger partial charge in [0.15, 0.2) is 0 Å². The number of piperazine rings is 1. The van der Waals surface area contributed by atoms with Gasteiger partial charge in [-0.2, -0.15) is 0 Å². The highest BCUT2D eigenvalue weighted by Crippen LogP contribution is 2.25. The fraction of sp³-hybridized carbons (Fsp3) is 0.185. The fourth-order valence-electron chi connectivity index (χ4n) is 4.06. The monoisotopic (exact) mass is 473 g/mol. The van der Waals surface area contributed by atoms with Gasteiger partial charge in [-0.25, -0.2) is 4.98 Å². The Morgan fingerprint density at radius 1 is 0.818 bits per heavy atom. The third kappa shape index (κ3) is 5.17. The molecule has 0 saturated carbocycles. The van der Waals surface area contributed by atoms with E-state index in [1.807, 2.05) is 71.6 Å². The van der Waals surface area contributed by atoms with Crippen LogP contribution < -0.4 is 0 Å². The highest BCUT2D eigenvalue weighted by atomic mass is 35.5. The summed E-state index contributed by atoms with van der Waals surface area (Å²) < 4.78 is 0. The van der Waals surface area contributed by atoms with Gasteiger partial charge < -0.3 is 4.90 Å². The molecule has 166 valence electrons. The summed E-state index contributed by atoms with van der Waals surface area (Å²) >= 11 is 7.67. The second-order valence-electron chi connectivity index (χ2n) is 8.15. The smallest absolute Gasteiger partial charge is 0.253 e. The summed E-state index contributed by atoms with van der Waals surface area (Å²) in [5.41, 5.74) is 5.09. The van der Waals surface area contributed by atoms with E-state index in [0.717, 1.165) is 70.7 Å². The number of hydrogen-bond donors (Lipinski definition) is 0. The lowest BCUT2D eigenvalue weighted by atomic mass is 10.0. The van der Waals surface area contributed by atoms with Crippen LogP contribution in [0.1, 0.15) is 15.4 Å². The summed E-state index contributed by atoms with van der Waals surface area (Å²) in [7, 11) is 0. The van der Waals surface area contributed by atoms with Crippen molar-refractivity contribution >= 4 is 28.8 Å². The summed E-state index contributed by atoms with van der Waals surface area (Å²) in [6.45, 7) is 3.98. The minimum absolute atomic E-state index is 0.105. The average molecular weight is 474 g/mol. The van der Waals surface area contributed by atoms with Gasteiger partial charge in [-0.15, -0.1) is 11.3 Å². The summed E-state index contributed by atoms with van der Waals surface area (Å²) in [5, 5.41) is 3.92. The van der Waals surface area contributed by atoms with Gasteiger partial charge in [0.1, 0.15) is 5.01 Å². The molecule has 2 heterocycles. The van der Waals surface area contributed by atoms with Crippen LogP contribution in [0.5, 0.6) is 0 Å². The number of hydrogen-bond acceptors (Lipinski definition) is 4. The summed E-state index contributed by atoms with van der Waals surface area (Å²) in [5.74, 6) is 0.105. The van der Waals surface area contributed by atoms with E-state index in [9.17, 15) is 4.79 Å². The molecule has 1 fully saturated rings. The van der Waals surface area contributed by atoms with Crippen LogP contribution in [0.15, 0.2) is 84.2 Å². The van der Waals surface area contributed by atoms with Crippen molar-refractivity contribution < 1.29 is 4.79 Å². The number of benzene rings is 3. The summed E-state index contributed by atoms with van der Waals surface area (Å²) in [6, 6.07) is 25.9. The first-order valence-electron chi connectivity index (χ1n) is 11.0. The Hall–Kier alpha value is -2.99. The first-order chi connectivity index (χ1) is 16.2. The zero-order valence-corrected chi connectivity index (χ0v) is 19.7. The van der Waals surface area contributed by atoms with Gasteiger partial charge in [0.2, 0.25) is 0 Å². The SMILES string of the molecule is O=C(c1ccc(-c2ccccc2)cc1)N1CCN(Cc2nc(-c3ccc(Cl)cc3)cs2)CC1. The van der Waals surface area contributed by atoms with E-state index >= 15 is 0 Å². The average Bonchev–Trinajstić information content (AvgIpc) is 3.33. The van der Waals surface area contributed by atoms with Gasteiger partial charge in [0, 0.05) is 47.7 Å². The van der Waals surface area contributed by atoms with Crippen LogP contribution in [0.4, 0.5) is 0 Å². The van der Waals surface area contributed by atoms with Gasteiger partial charge in [-0.05, 0) is 35.4 Å². The second kappa shape index (κ2) is 9.87.